The Morgan fingerprint density at radius 1 is 0.724 bits per heavy atom. The Labute approximate surface area is 170 Å². The molecule has 0 bridgehead atoms. The maximum Gasteiger partial charge on any atom is 0.228 e. The Bertz CT molecular complexity index is 936. The van der Waals surface area contributed by atoms with Crippen LogP contribution >= 0.6 is 0 Å². The monoisotopic (exact) mass is 388 g/mol. The van der Waals surface area contributed by atoms with Crippen molar-refractivity contribution >= 4 is 23.2 Å². The van der Waals surface area contributed by atoms with Crippen LogP contribution in [-0.4, -0.2) is 18.9 Å². The summed E-state index contributed by atoms with van der Waals surface area (Å²) in [6.07, 6.45) is 1.40. The normalized spacial score (nSPS) is 10.2. The van der Waals surface area contributed by atoms with E-state index in [1.54, 1.807) is 31.4 Å². The standard InChI is InChI=1S/C24H24N2O3/c1-29-22-14-7-19(8-15-22)17-24(28)26-21-12-10-20(11-13-21)25-23(27)16-9-18-5-3-2-4-6-18/h2-8,10-15H,9,16-17H2,1H3,(H,25,27)(H,26,28). The molecule has 2 N–H and O–H groups in total. The Morgan fingerprint density at radius 3 is 1.90 bits per heavy atom. The van der Waals surface area contributed by atoms with Gasteiger partial charge in [-0.25, -0.2) is 0 Å². The van der Waals surface area contributed by atoms with E-state index in [1.165, 1.54) is 0 Å². The second-order valence-electron chi connectivity index (χ2n) is 6.68. The smallest absolute Gasteiger partial charge is 0.228 e. The quantitative estimate of drug-likeness (QED) is 0.599. The lowest BCUT2D eigenvalue weighted by molar-refractivity contribution is -0.116. The van der Waals surface area contributed by atoms with Gasteiger partial charge in [0.2, 0.25) is 11.8 Å². The summed E-state index contributed by atoms with van der Waals surface area (Å²) in [5.74, 6) is 0.621. The number of amides is 2. The van der Waals surface area contributed by atoms with E-state index < -0.39 is 0 Å². The van der Waals surface area contributed by atoms with Crippen LogP contribution in [-0.2, 0) is 22.4 Å². The number of aryl methyl sites for hydroxylation is 1. The summed E-state index contributed by atoms with van der Waals surface area (Å²) in [7, 11) is 1.61. The average Bonchev–Trinajstić information content (AvgIpc) is 2.75. The highest BCUT2D eigenvalue weighted by atomic mass is 16.5. The molecule has 0 atom stereocenters. The van der Waals surface area contributed by atoms with Gasteiger partial charge in [0.1, 0.15) is 5.75 Å². The number of hydrogen-bond acceptors (Lipinski definition) is 3. The van der Waals surface area contributed by atoms with Crippen LogP contribution in [0, 0.1) is 0 Å². The molecule has 0 spiro atoms. The maximum atomic E-state index is 12.2. The lowest BCUT2D eigenvalue weighted by Crippen LogP contribution is -2.15. The molecule has 3 rings (SSSR count). The van der Waals surface area contributed by atoms with Gasteiger partial charge in [0, 0.05) is 17.8 Å². The number of carbonyl (C=O) groups is 2. The van der Waals surface area contributed by atoms with Crippen molar-refractivity contribution in [3.8, 4) is 5.75 Å². The van der Waals surface area contributed by atoms with Gasteiger partial charge in [-0.3, -0.25) is 9.59 Å². The maximum absolute atomic E-state index is 12.2. The first-order chi connectivity index (χ1) is 14.1. The third-order valence-electron chi connectivity index (χ3n) is 4.46. The van der Waals surface area contributed by atoms with Crippen LogP contribution in [0.5, 0.6) is 5.75 Å². The summed E-state index contributed by atoms with van der Waals surface area (Å²) in [5.41, 5.74) is 3.44. The summed E-state index contributed by atoms with van der Waals surface area (Å²) in [6.45, 7) is 0. The SMILES string of the molecule is COc1ccc(CC(=O)Nc2ccc(NC(=O)CCc3ccccc3)cc2)cc1. The zero-order chi connectivity index (χ0) is 20.5. The number of nitrogens with one attached hydrogen (secondary N) is 2. The minimum absolute atomic E-state index is 0.0369. The van der Waals surface area contributed by atoms with Crippen molar-refractivity contribution in [1.82, 2.24) is 0 Å². The van der Waals surface area contributed by atoms with E-state index >= 15 is 0 Å². The van der Waals surface area contributed by atoms with Crippen LogP contribution in [0.15, 0.2) is 78.9 Å². The highest BCUT2D eigenvalue weighted by Gasteiger charge is 2.06. The summed E-state index contributed by atoms with van der Waals surface area (Å²) >= 11 is 0. The van der Waals surface area contributed by atoms with Crippen molar-refractivity contribution in [1.29, 1.82) is 0 Å². The predicted octanol–water partition coefficient (Wildman–Crippen LogP) is 4.45. The summed E-state index contributed by atoms with van der Waals surface area (Å²) < 4.78 is 5.12. The molecule has 0 radical (unpaired) electrons. The van der Waals surface area contributed by atoms with E-state index in [0.29, 0.717) is 24.2 Å². The zero-order valence-corrected chi connectivity index (χ0v) is 16.4. The van der Waals surface area contributed by atoms with E-state index in [-0.39, 0.29) is 18.2 Å². The molecule has 0 aliphatic rings. The average molecular weight is 388 g/mol. The van der Waals surface area contributed by atoms with Crippen LogP contribution in [0.3, 0.4) is 0 Å². The van der Waals surface area contributed by atoms with E-state index in [2.05, 4.69) is 10.6 Å². The fourth-order valence-electron chi connectivity index (χ4n) is 2.90. The third-order valence-corrected chi connectivity index (χ3v) is 4.46. The Hall–Kier alpha value is -3.60. The first kappa shape index (κ1) is 20.1. The number of methoxy groups -OCH3 is 1. The first-order valence-corrected chi connectivity index (χ1v) is 9.49. The van der Waals surface area contributed by atoms with Gasteiger partial charge in [-0.2, -0.15) is 0 Å². The lowest BCUT2D eigenvalue weighted by atomic mass is 10.1. The molecule has 0 saturated carbocycles. The third kappa shape index (κ3) is 6.50. The fraction of sp³-hybridized carbons (Fsp3) is 0.167. The van der Waals surface area contributed by atoms with Crippen molar-refractivity contribution in [2.75, 3.05) is 17.7 Å². The number of carbonyl (C=O) groups excluding carboxylic acids is 2. The van der Waals surface area contributed by atoms with Crippen LogP contribution in [0.4, 0.5) is 11.4 Å². The molecule has 3 aromatic rings. The zero-order valence-electron chi connectivity index (χ0n) is 16.4. The van der Waals surface area contributed by atoms with Gasteiger partial charge in [0.15, 0.2) is 0 Å². The van der Waals surface area contributed by atoms with Gasteiger partial charge < -0.3 is 15.4 Å². The molecule has 5 nitrogen and oxygen atoms in total. The predicted molar refractivity (Wildman–Crippen MR) is 115 cm³/mol. The van der Waals surface area contributed by atoms with Gasteiger partial charge in [-0.15, -0.1) is 0 Å². The number of hydrogen-bond donors (Lipinski definition) is 2. The number of ether oxygens (including phenoxy) is 1. The van der Waals surface area contributed by atoms with E-state index in [4.69, 9.17) is 4.74 Å². The molecule has 3 aromatic carbocycles. The molecule has 0 fully saturated rings. The van der Waals surface area contributed by atoms with Crippen molar-refractivity contribution in [3.63, 3.8) is 0 Å². The fourth-order valence-corrected chi connectivity index (χ4v) is 2.90. The van der Waals surface area contributed by atoms with Gasteiger partial charge in [-0.1, -0.05) is 42.5 Å². The lowest BCUT2D eigenvalue weighted by Gasteiger charge is -2.09. The van der Waals surface area contributed by atoms with E-state index in [0.717, 1.165) is 16.9 Å². The topological polar surface area (TPSA) is 67.4 Å². The van der Waals surface area contributed by atoms with Gasteiger partial charge >= 0.3 is 0 Å². The highest BCUT2D eigenvalue weighted by Crippen LogP contribution is 2.16. The van der Waals surface area contributed by atoms with E-state index in [9.17, 15) is 9.59 Å². The molecule has 0 heterocycles. The minimum atomic E-state index is -0.102. The molecular formula is C24H24N2O3. The van der Waals surface area contributed by atoms with Crippen molar-refractivity contribution in [2.45, 2.75) is 19.3 Å². The molecule has 0 unspecified atom stereocenters. The van der Waals surface area contributed by atoms with Crippen molar-refractivity contribution in [3.05, 3.63) is 90.0 Å². The molecule has 0 saturated heterocycles. The second kappa shape index (κ2) is 10.1. The van der Waals surface area contributed by atoms with Crippen LogP contribution in [0.2, 0.25) is 0 Å². The summed E-state index contributed by atoms with van der Waals surface area (Å²) in [6, 6.07) is 24.4. The molecule has 0 aromatic heterocycles. The molecule has 0 aliphatic heterocycles. The second-order valence-corrected chi connectivity index (χ2v) is 6.68. The largest absolute Gasteiger partial charge is 0.497 e. The number of rotatable bonds is 8. The van der Waals surface area contributed by atoms with Gasteiger partial charge in [-0.05, 0) is 53.9 Å². The summed E-state index contributed by atoms with van der Waals surface area (Å²) in [5, 5.41) is 5.74. The highest BCUT2D eigenvalue weighted by molar-refractivity contribution is 5.93. The number of benzene rings is 3. The summed E-state index contributed by atoms with van der Waals surface area (Å²) in [4.78, 5) is 24.3. The van der Waals surface area contributed by atoms with E-state index in [1.807, 2.05) is 54.6 Å². The Balaban J connectivity index is 1.46. The molecular weight excluding hydrogens is 364 g/mol. The van der Waals surface area contributed by atoms with Crippen molar-refractivity contribution in [2.24, 2.45) is 0 Å². The first-order valence-electron chi connectivity index (χ1n) is 9.49. The molecule has 2 amide bonds. The Morgan fingerprint density at radius 2 is 1.31 bits per heavy atom. The molecule has 5 heteroatoms. The molecule has 148 valence electrons. The van der Waals surface area contributed by atoms with Gasteiger partial charge in [0.05, 0.1) is 13.5 Å². The molecule has 29 heavy (non-hydrogen) atoms. The van der Waals surface area contributed by atoms with Crippen LogP contribution in [0.1, 0.15) is 17.5 Å². The van der Waals surface area contributed by atoms with Crippen molar-refractivity contribution < 1.29 is 14.3 Å². The minimum Gasteiger partial charge on any atom is -0.497 e. The Kier molecular flexibility index (Phi) is 7.00. The van der Waals surface area contributed by atoms with Gasteiger partial charge in [0.25, 0.3) is 0 Å². The van der Waals surface area contributed by atoms with Crippen LogP contribution < -0.4 is 15.4 Å². The van der Waals surface area contributed by atoms with Crippen LogP contribution in [0.25, 0.3) is 0 Å². The molecule has 0 aliphatic carbocycles. The number of anilines is 2.